The molecule has 11 heteroatoms. The molecule has 9 nitrogen and oxygen atoms in total. The molecule has 0 bridgehead atoms. The number of rotatable bonds is 10. The summed E-state index contributed by atoms with van der Waals surface area (Å²) in [4.78, 5) is 49.1. The summed E-state index contributed by atoms with van der Waals surface area (Å²) in [6, 6.07) is 3.06. The molecule has 0 atom stereocenters. The van der Waals surface area contributed by atoms with Crippen molar-refractivity contribution in [3.63, 3.8) is 0 Å². The van der Waals surface area contributed by atoms with Crippen LogP contribution in [-0.2, 0) is 23.9 Å². The number of carbonyl (C=O) groups is 4. The lowest BCUT2D eigenvalue weighted by Gasteiger charge is -2.14. The number of esters is 2. The van der Waals surface area contributed by atoms with Crippen LogP contribution in [0.15, 0.2) is 17.0 Å². The van der Waals surface area contributed by atoms with Gasteiger partial charge < -0.3 is 18.9 Å². The SMILES string of the molecule is CCOc1cc(/C=C2\SC(=O)N(CC(=O)OCC(C)C)C2=O)cc(Cl)c1OCC(=O)OC. The number of halogens is 1. The Morgan fingerprint density at radius 2 is 1.91 bits per heavy atom. The highest BCUT2D eigenvalue weighted by Gasteiger charge is 2.36. The van der Waals surface area contributed by atoms with Crippen LogP contribution in [-0.4, -0.2) is 61.5 Å². The molecule has 1 aliphatic heterocycles. The first kappa shape index (κ1) is 25.5. The fraction of sp³-hybridized carbons (Fsp3) is 0.429. The average molecular weight is 486 g/mol. The molecule has 0 unspecified atom stereocenters. The van der Waals surface area contributed by atoms with Crippen molar-refractivity contribution in [2.75, 3.05) is 33.5 Å². The molecule has 0 spiro atoms. The number of imide groups is 1. The lowest BCUT2D eigenvalue weighted by Crippen LogP contribution is -2.34. The summed E-state index contributed by atoms with van der Waals surface area (Å²) in [6.07, 6.45) is 1.46. The number of methoxy groups -OCH3 is 1. The molecule has 0 aromatic heterocycles. The van der Waals surface area contributed by atoms with Crippen LogP contribution in [0, 0.1) is 5.92 Å². The van der Waals surface area contributed by atoms with Gasteiger partial charge >= 0.3 is 11.9 Å². The molecule has 1 fully saturated rings. The number of hydrogen-bond donors (Lipinski definition) is 0. The van der Waals surface area contributed by atoms with E-state index < -0.39 is 29.6 Å². The second kappa shape index (κ2) is 11.8. The van der Waals surface area contributed by atoms with Crippen molar-refractivity contribution in [2.24, 2.45) is 5.92 Å². The fourth-order valence-electron chi connectivity index (χ4n) is 2.49. The fourth-order valence-corrected chi connectivity index (χ4v) is 3.60. The Balaban J connectivity index is 2.21. The molecule has 0 radical (unpaired) electrons. The standard InChI is InChI=1S/C21H24ClNO8S/c1-5-29-15-7-13(6-14(22)19(15)31-11-18(25)28-4)8-16-20(26)23(21(27)32-16)9-17(24)30-10-12(2)3/h6-8,12H,5,9-11H2,1-4H3/b16-8-. The van der Waals surface area contributed by atoms with Crippen molar-refractivity contribution in [2.45, 2.75) is 20.8 Å². The van der Waals surface area contributed by atoms with Gasteiger partial charge in [-0.15, -0.1) is 0 Å². The summed E-state index contributed by atoms with van der Waals surface area (Å²) in [6.45, 7) is 5.19. The van der Waals surface area contributed by atoms with E-state index in [9.17, 15) is 19.2 Å². The molecular formula is C21H24ClNO8S. The van der Waals surface area contributed by atoms with E-state index in [1.54, 1.807) is 13.0 Å². The van der Waals surface area contributed by atoms with E-state index >= 15 is 0 Å². The number of carbonyl (C=O) groups excluding carboxylic acids is 4. The van der Waals surface area contributed by atoms with Crippen molar-refractivity contribution in [1.82, 2.24) is 4.90 Å². The topological polar surface area (TPSA) is 108 Å². The van der Waals surface area contributed by atoms with E-state index in [2.05, 4.69) is 4.74 Å². The molecule has 32 heavy (non-hydrogen) atoms. The van der Waals surface area contributed by atoms with Gasteiger partial charge in [0.15, 0.2) is 18.1 Å². The summed E-state index contributed by atoms with van der Waals surface area (Å²) >= 11 is 6.99. The van der Waals surface area contributed by atoms with Crippen molar-refractivity contribution in [3.05, 3.63) is 27.6 Å². The molecule has 1 aliphatic rings. The zero-order chi connectivity index (χ0) is 23.8. The predicted octanol–water partition coefficient (Wildman–Crippen LogP) is 3.53. The maximum Gasteiger partial charge on any atom is 0.343 e. The Bertz CT molecular complexity index is 931. The van der Waals surface area contributed by atoms with Crippen LogP contribution in [0.25, 0.3) is 6.08 Å². The van der Waals surface area contributed by atoms with Crippen molar-refractivity contribution in [1.29, 1.82) is 0 Å². The van der Waals surface area contributed by atoms with Crippen LogP contribution in [0.4, 0.5) is 4.79 Å². The van der Waals surface area contributed by atoms with E-state index in [1.807, 2.05) is 13.8 Å². The van der Waals surface area contributed by atoms with Gasteiger partial charge in [0.2, 0.25) is 0 Å². The number of thioether (sulfide) groups is 1. The van der Waals surface area contributed by atoms with Crippen LogP contribution in [0.3, 0.4) is 0 Å². The van der Waals surface area contributed by atoms with Crippen molar-refractivity contribution >= 4 is 52.5 Å². The Kier molecular flexibility index (Phi) is 9.40. The van der Waals surface area contributed by atoms with Crippen molar-refractivity contribution in [3.8, 4) is 11.5 Å². The highest BCUT2D eigenvalue weighted by atomic mass is 35.5. The maximum absolute atomic E-state index is 12.6. The van der Waals surface area contributed by atoms with Gasteiger partial charge in [-0.05, 0) is 48.4 Å². The third kappa shape index (κ3) is 6.89. The number of benzene rings is 1. The van der Waals surface area contributed by atoms with Gasteiger partial charge in [0.1, 0.15) is 6.54 Å². The molecule has 1 aromatic rings. The first-order chi connectivity index (χ1) is 15.2. The summed E-state index contributed by atoms with van der Waals surface area (Å²) in [5.74, 6) is -1.31. The van der Waals surface area contributed by atoms with Gasteiger partial charge in [0, 0.05) is 0 Å². The number of nitrogens with zero attached hydrogens (tertiary/aromatic N) is 1. The minimum absolute atomic E-state index is 0.119. The normalized spacial score (nSPS) is 14.8. The quantitative estimate of drug-likeness (QED) is 0.363. The van der Waals surface area contributed by atoms with E-state index in [1.165, 1.54) is 19.3 Å². The summed E-state index contributed by atoms with van der Waals surface area (Å²) < 4.78 is 20.5. The second-order valence-corrected chi connectivity index (χ2v) is 8.37. The van der Waals surface area contributed by atoms with Gasteiger partial charge in [0.25, 0.3) is 11.1 Å². The maximum atomic E-state index is 12.6. The zero-order valence-electron chi connectivity index (χ0n) is 18.1. The Hall–Kier alpha value is -2.72. The molecule has 0 aliphatic carbocycles. The smallest absolute Gasteiger partial charge is 0.343 e. The largest absolute Gasteiger partial charge is 0.490 e. The first-order valence-corrected chi connectivity index (χ1v) is 10.9. The van der Waals surface area contributed by atoms with Gasteiger partial charge in [-0.3, -0.25) is 19.3 Å². The monoisotopic (exact) mass is 485 g/mol. The highest BCUT2D eigenvalue weighted by Crippen LogP contribution is 2.39. The average Bonchev–Trinajstić information content (AvgIpc) is 2.99. The van der Waals surface area contributed by atoms with Gasteiger partial charge in [-0.25, -0.2) is 4.79 Å². The molecule has 2 amide bonds. The predicted molar refractivity (Wildman–Crippen MR) is 119 cm³/mol. The molecule has 0 saturated carbocycles. The minimum atomic E-state index is -0.656. The lowest BCUT2D eigenvalue weighted by atomic mass is 10.1. The second-order valence-electron chi connectivity index (χ2n) is 6.97. The molecule has 2 rings (SSSR count). The Labute approximate surface area is 194 Å². The van der Waals surface area contributed by atoms with E-state index in [-0.39, 0.29) is 40.6 Å². The Morgan fingerprint density at radius 1 is 1.19 bits per heavy atom. The summed E-state index contributed by atoms with van der Waals surface area (Å²) in [5, 5.41) is -0.431. The highest BCUT2D eigenvalue weighted by molar-refractivity contribution is 8.18. The molecule has 1 saturated heterocycles. The van der Waals surface area contributed by atoms with Gasteiger partial charge in [-0.1, -0.05) is 25.4 Å². The van der Waals surface area contributed by atoms with Crippen LogP contribution >= 0.6 is 23.4 Å². The first-order valence-electron chi connectivity index (χ1n) is 9.73. The molecule has 0 N–H and O–H groups in total. The van der Waals surface area contributed by atoms with Gasteiger partial charge in [-0.2, -0.15) is 0 Å². The number of amides is 2. The van der Waals surface area contributed by atoms with Crippen LogP contribution < -0.4 is 9.47 Å². The van der Waals surface area contributed by atoms with Crippen LogP contribution in [0.2, 0.25) is 5.02 Å². The number of ether oxygens (including phenoxy) is 4. The molecule has 174 valence electrons. The third-order valence-corrected chi connectivity index (χ3v) is 5.12. The minimum Gasteiger partial charge on any atom is -0.490 e. The van der Waals surface area contributed by atoms with Crippen molar-refractivity contribution < 1.29 is 38.1 Å². The molecule has 1 aromatic carbocycles. The van der Waals surface area contributed by atoms with Crippen LogP contribution in [0.1, 0.15) is 26.3 Å². The van der Waals surface area contributed by atoms with Gasteiger partial charge in [0.05, 0.1) is 30.3 Å². The zero-order valence-corrected chi connectivity index (χ0v) is 19.7. The third-order valence-electron chi connectivity index (χ3n) is 3.93. The molecule has 1 heterocycles. The molecular weight excluding hydrogens is 462 g/mol. The lowest BCUT2D eigenvalue weighted by molar-refractivity contribution is -0.147. The van der Waals surface area contributed by atoms with Crippen LogP contribution in [0.5, 0.6) is 11.5 Å². The number of hydrogen-bond acceptors (Lipinski definition) is 9. The van der Waals surface area contributed by atoms with E-state index in [4.69, 9.17) is 25.8 Å². The summed E-state index contributed by atoms with van der Waals surface area (Å²) in [7, 11) is 1.23. The van der Waals surface area contributed by atoms with E-state index in [0.717, 1.165) is 4.90 Å². The Morgan fingerprint density at radius 3 is 2.53 bits per heavy atom. The summed E-state index contributed by atoms with van der Waals surface area (Å²) in [5.41, 5.74) is 0.469. The van der Waals surface area contributed by atoms with E-state index in [0.29, 0.717) is 23.9 Å².